The fourth-order valence-electron chi connectivity index (χ4n) is 0.622. The number of aromatic carboxylic acids is 1. The zero-order valence-corrected chi connectivity index (χ0v) is 8.90. The summed E-state index contributed by atoms with van der Waals surface area (Å²) in [4.78, 5) is 13.9. The molecule has 12 heavy (non-hydrogen) atoms. The predicted octanol–water partition coefficient (Wildman–Crippen LogP) is -3.54. The molecule has 4 nitrogen and oxygen atoms in total. The summed E-state index contributed by atoms with van der Waals surface area (Å²) in [6, 6.07) is 2.84. The summed E-state index contributed by atoms with van der Waals surface area (Å²) in [5.74, 6) is -0.852. The molecular weight excluding hydrogens is 169 g/mol. The summed E-state index contributed by atoms with van der Waals surface area (Å²) < 4.78 is 4.72. The van der Waals surface area contributed by atoms with Crippen molar-refractivity contribution in [1.29, 1.82) is 0 Å². The Balaban J connectivity index is 0.00000121. The Morgan fingerprint density at radius 1 is 1.58 bits per heavy atom. The summed E-state index contributed by atoms with van der Waals surface area (Å²) >= 11 is 0. The van der Waals surface area contributed by atoms with Crippen LogP contribution in [-0.2, 0) is 0 Å². The first-order valence-electron chi connectivity index (χ1n) is 2.95. The molecule has 5 heteroatoms. The molecule has 0 atom stereocenters. The zero-order valence-electron chi connectivity index (χ0n) is 6.90. The van der Waals surface area contributed by atoms with Crippen molar-refractivity contribution < 1.29 is 44.2 Å². The van der Waals surface area contributed by atoms with Crippen LogP contribution in [0.5, 0.6) is 5.88 Å². The molecule has 0 bridgehead atoms. The fourth-order valence-corrected chi connectivity index (χ4v) is 0.622. The Bertz CT molecular complexity index is 260. The van der Waals surface area contributed by atoms with Crippen LogP contribution in [0.15, 0.2) is 18.3 Å². The van der Waals surface area contributed by atoms with Gasteiger partial charge in [-0.25, -0.2) is 4.98 Å². The average molecular weight is 175 g/mol. The molecule has 0 saturated heterocycles. The minimum absolute atomic E-state index is 0. The molecule has 1 aromatic rings. The third-order valence-electron chi connectivity index (χ3n) is 1.18. The van der Waals surface area contributed by atoms with Crippen molar-refractivity contribution in [1.82, 2.24) is 4.98 Å². The fraction of sp³-hybridized carbons (Fsp3) is 0.143. The van der Waals surface area contributed by atoms with Crippen LogP contribution in [0, 0.1) is 0 Å². The largest absolute Gasteiger partial charge is 1.00 e. The molecule has 0 aliphatic rings. The Labute approximate surface area is 91.9 Å². The SMILES string of the molecule is COc1ccc(C(=O)[O-])cn1.[Na+]. The predicted molar refractivity (Wildman–Crippen MR) is 35.1 cm³/mol. The van der Waals surface area contributed by atoms with Crippen LogP contribution in [0.1, 0.15) is 10.4 Å². The second-order valence-electron chi connectivity index (χ2n) is 1.88. The summed E-state index contributed by atoms with van der Waals surface area (Å²) in [6.07, 6.45) is 1.19. The van der Waals surface area contributed by atoms with E-state index in [0.29, 0.717) is 5.88 Å². The standard InChI is InChI=1S/C7H7NO3.Na/c1-11-6-3-2-5(4-8-6)7(9)10;/h2-4H,1H3,(H,9,10);/q;+1/p-1. The average Bonchev–Trinajstić information content (AvgIpc) is 2.05. The monoisotopic (exact) mass is 175 g/mol. The minimum Gasteiger partial charge on any atom is -0.545 e. The van der Waals surface area contributed by atoms with Crippen LogP contribution >= 0.6 is 0 Å². The number of ether oxygens (including phenoxy) is 1. The zero-order chi connectivity index (χ0) is 8.27. The van der Waals surface area contributed by atoms with Crippen LogP contribution in [0.25, 0.3) is 0 Å². The van der Waals surface area contributed by atoms with E-state index in [1.165, 1.54) is 25.4 Å². The molecule has 0 fully saturated rings. The van der Waals surface area contributed by atoms with E-state index >= 15 is 0 Å². The maximum atomic E-state index is 10.2. The molecule has 0 aliphatic carbocycles. The number of pyridine rings is 1. The van der Waals surface area contributed by atoms with Crippen molar-refractivity contribution in [2.45, 2.75) is 0 Å². The maximum Gasteiger partial charge on any atom is 1.00 e. The number of carboxylic acid groups (broad SMARTS) is 1. The Kier molecular flexibility index (Phi) is 4.89. The van der Waals surface area contributed by atoms with Gasteiger partial charge in [-0.1, -0.05) is 0 Å². The van der Waals surface area contributed by atoms with Gasteiger partial charge in [0.15, 0.2) is 0 Å². The van der Waals surface area contributed by atoms with E-state index in [0.717, 1.165) is 0 Å². The van der Waals surface area contributed by atoms with Crippen molar-refractivity contribution >= 4 is 5.97 Å². The number of methoxy groups -OCH3 is 1. The van der Waals surface area contributed by atoms with Gasteiger partial charge in [-0.05, 0) is 6.07 Å². The Morgan fingerprint density at radius 3 is 2.58 bits per heavy atom. The molecule has 1 heterocycles. The maximum absolute atomic E-state index is 10.2. The van der Waals surface area contributed by atoms with Crippen molar-refractivity contribution in [3.8, 4) is 5.88 Å². The normalized spacial score (nSPS) is 8.42. The van der Waals surface area contributed by atoms with E-state index < -0.39 is 5.97 Å². The van der Waals surface area contributed by atoms with Crippen LogP contribution < -0.4 is 39.4 Å². The number of nitrogens with zero attached hydrogens (tertiary/aromatic N) is 1. The molecule has 0 N–H and O–H groups in total. The van der Waals surface area contributed by atoms with Gasteiger partial charge in [-0.2, -0.15) is 0 Å². The van der Waals surface area contributed by atoms with Gasteiger partial charge in [0.2, 0.25) is 5.88 Å². The van der Waals surface area contributed by atoms with Gasteiger partial charge in [-0.3, -0.25) is 0 Å². The molecular formula is C7H6NNaO3. The molecule has 1 rings (SSSR count). The van der Waals surface area contributed by atoms with Gasteiger partial charge in [0, 0.05) is 17.8 Å². The first kappa shape index (κ1) is 11.4. The minimum atomic E-state index is -1.24. The van der Waals surface area contributed by atoms with Gasteiger partial charge >= 0.3 is 29.6 Å². The number of rotatable bonds is 2. The smallest absolute Gasteiger partial charge is 0.545 e. The van der Waals surface area contributed by atoms with E-state index in [9.17, 15) is 9.90 Å². The quantitative estimate of drug-likeness (QED) is 0.437. The van der Waals surface area contributed by atoms with Gasteiger partial charge in [0.1, 0.15) is 0 Å². The summed E-state index contributed by atoms with van der Waals surface area (Å²) in [6.45, 7) is 0. The molecule has 0 radical (unpaired) electrons. The first-order chi connectivity index (χ1) is 5.24. The Hall–Kier alpha value is -0.580. The van der Waals surface area contributed by atoms with E-state index in [2.05, 4.69) is 4.98 Å². The van der Waals surface area contributed by atoms with Crippen LogP contribution in [-0.4, -0.2) is 18.1 Å². The van der Waals surface area contributed by atoms with Crippen molar-refractivity contribution in [2.24, 2.45) is 0 Å². The number of hydrogen-bond donors (Lipinski definition) is 0. The topological polar surface area (TPSA) is 62.2 Å². The molecule has 0 aromatic carbocycles. The van der Waals surface area contributed by atoms with Gasteiger partial charge in [0.25, 0.3) is 0 Å². The second kappa shape index (κ2) is 5.13. The van der Waals surface area contributed by atoms with Crippen molar-refractivity contribution in [2.75, 3.05) is 7.11 Å². The van der Waals surface area contributed by atoms with Gasteiger partial charge < -0.3 is 14.6 Å². The number of aromatic nitrogens is 1. The van der Waals surface area contributed by atoms with E-state index in [-0.39, 0.29) is 35.1 Å². The summed E-state index contributed by atoms with van der Waals surface area (Å²) in [5.41, 5.74) is 0.0470. The van der Waals surface area contributed by atoms with E-state index in [1.54, 1.807) is 0 Å². The van der Waals surface area contributed by atoms with Gasteiger partial charge in [-0.15, -0.1) is 0 Å². The molecule has 0 saturated carbocycles. The van der Waals surface area contributed by atoms with Crippen molar-refractivity contribution in [3.63, 3.8) is 0 Å². The number of hydrogen-bond acceptors (Lipinski definition) is 4. The second-order valence-corrected chi connectivity index (χ2v) is 1.88. The molecule has 58 valence electrons. The molecule has 0 amide bonds. The molecule has 1 aromatic heterocycles. The number of carbonyl (C=O) groups is 1. The molecule has 0 unspecified atom stereocenters. The number of carbonyl (C=O) groups excluding carboxylic acids is 1. The molecule has 0 aliphatic heterocycles. The third kappa shape index (κ3) is 2.81. The summed E-state index contributed by atoms with van der Waals surface area (Å²) in [5, 5.41) is 10.2. The van der Waals surface area contributed by atoms with Crippen LogP contribution in [0.4, 0.5) is 0 Å². The number of carboxylic acids is 1. The Morgan fingerprint density at radius 2 is 2.25 bits per heavy atom. The molecule has 0 spiro atoms. The van der Waals surface area contributed by atoms with E-state index in [1.807, 2.05) is 0 Å². The van der Waals surface area contributed by atoms with E-state index in [4.69, 9.17) is 4.74 Å². The van der Waals surface area contributed by atoms with Crippen LogP contribution in [0.3, 0.4) is 0 Å². The van der Waals surface area contributed by atoms with Gasteiger partial charge in [0.05, 0.1) is 13.1 Å². The summed E-state index contributed by atoms with van der Waals surface area (Å²) in [7, 11) is 1.46. The van der Waals surface area contributed by atoms with Crippen molar-refractivity contribution in [3.05, 3.63) is 23.9 Å². The van der Waals surface area contributed by atoms with Crippen LogP contribution in [0.2, 0.25) is 0 Å². The third-order valence-corrected chi connectivity index (χ3v) is 1.18. The first-order valence-corrected chi connectivity index (χ1v) is 2.95.